The van der Waals surface area contributed by atoms with E-state index in [1.807, 2.05) is 7.05 Å². The molecule has 1 saturated carbocycles. The standard InChI is InChI=1S/C28H44F2N4O4/c1-31-18-22(17-20-9-4-3-5-10-20)33-26(35)34-16-7-11-21(19-34)28(37,14-8-15-32-27(36)38-2)23-12-6-13-24(29)25(23)30/h6,12-13,20-22,31,37H,3-5,7-11,14-19H2,1-2H3,(H,32,36)(H,33,35)/t21-,22+,28+/m1/s1. The highest BCUT2D eigenvalue weighted by atomic mass is 19.2. The van der Waals surface area contributed by atoms with Crippen molar-refractivity contribution in [1.29, 1.82) is 0 Å². The van der Waals surface area contributed by atoms with E-state index in [0.717, 1.165) is 12.5 Å². The van der Waals surface area contributed by atoms with Crippen LogP contribution in [0.5, 0.6) is 0 Å². The Kier molecular flexibility index (Phi) is 11.6. The number of halogens is 2. The second-order valence-electron chi connectivity index (χ2n) is 10.8. The van der Waals surface area contributed by atoms with Crippen molar-refractivity contribution in [2.24, 2.45) is 11.8 Å². The van der Waals surface area contributed by atoms with E-state index in [4.69, 9.17) is 0 Å². The fourth-order valence-electron chi connectivity index (χ4n) is 6.10. The number of piperidine rings is 1. The number of benzene rings is 1. The Hall–Kier alpha value is -2.46. The van der Waals surface area contributed by atoms with E-state index in [-0.39, 0.29) is 37.1 Å². The van der Waals surface area contributed by atoms with Gasteiger partial charge in [-0.25, -0.2) is 18.4 Å². The van der Waals surface area contributed by atoms with E-state index in [1.54, 1.807) is 4.90 Å². The zero-order chi connectivity index (χ0) is 27.5. The zero-order valence-corrected chi connectivity index (χ0v) is 22.7. The largest absolute Gasteiger partial charge is 0.453 e. The molecule has 0 unspecified atom stereocenters. The number of aliphatic hydroxyl groups is 1. The maximum atomic E-state index is 15.0. The predicted octanol–water partition coefficient (Wildman–Crippen LogP) is 4.27. The highest BCUT2D eigenvalue weighted by Gasteiger charge is 2.43. The minimum Gasteiger partial charge on any atom is -0.453 e. The summed E-state index contributed by atoms with van der Waals surface area (Å²) in [7, 11) is 3.13. The number of likely N-dealkylation sites (N-methyl/N-ethyl adjacent to an activating group) is 1. The Labute approximate surface area is 224 Å². The van der Waals surface area contributed by atoms with Crippen molar-refractivity contribution < 1.29 is 28.2 Å². The van der Waals surface area contributed by atoms with Crippen LogP contribution < -0.4 is 16.0 Å². The van der Waals surface area contributed by atoms with Crippen molar-refractivity contribution in [3.63, 3.8) is 0 Å². The zero-order valence-electron chi connectivity index (χ0n) is 22.7. The van der Waals surface area contributed by atoms with E-state index < -0.39 is 29.2 Å². The monoisotopic (exact) mass is 538 g/mol. The van der Waals surface area contributed by atoms with Gasteiger partial charge < -0.3 is 30.7 Å². The van der Waals surface area contributed by atoms with Gasteiger partial charge in [-0.3, -0.25) is 0 Å². The van der Waals surface area contributed by atoms with Crippen molar-refractivity contribution in [2.45, 2.75) is 75.9 Å². The number of nitrogens with zero attached hydrogens (tertiary/aromatic N) is 1. The summed E-state index contributed by atoms with van der Waals surface area (Å²) in [5.74, 6) is -2.01. The molecule has 3 atom stereocenters. The van der Waals surface area contributed by atoms with E-state index in [9.17, 15) is 23.5 Å². The van der Waals surface area contributed by atoms with Gasteiger partial charge in [-0.15, -0.1) is 0 Å². The molecule has 0 bridgehead atoms. The molecule has 0 radical (unpaired) electrons. The molecule has 214 valence electrons. The van der Waals surface area contributed by atoms with Crippen molar-refractivity contribution in [1.82, 2.24) is 20.9 Å². The molecule has 1 aromatic carbocycles. The summed E-state index contributed by atoms with van der Waals surface area (Å²) < 4.78 is 33.7. The number of carbonyl (C=O) groups is 2. The van der Waals surface area contributed by atoms with Crippen LogP contribution in [0, 0.1) is 23.5 Å². The molecule has 1 heterocycles. The van der Waals surface area contributed by atoms with Crippen molar-refractivity contribution in [3.8, 4) is 0 Å². The lowest BCUT2D eigenvalue weighted by atomic mass is 9.74. The van der Waals surface area contributed by atoms with Gasteiger partial charge in [0.25, 0.3) is 0 Å². The van der Waals surface area contributed by atoms with Crippen LogP contribution in [0.3, 0.4) is 0 Å². The Morgan fingerprint density at radius 2 is 1.95 bits per heavy atom. The van der Waals surface area contributed by atoms with Crippen LogP contribution in [0.1, 0.15) is 69.8 Å². The summed E-state index contributed by atoms with van der Waals surface area (Å²) in [6.07, 6.45) is 8.06. The van der Waals surface area contributed by atoms with Gasteiger partial charge in [0.1, 0.15) is 0 Å². The van der Waals surface area contributed by atoms with Gasteiger partial charge in [-0.05, 0) is 51.1 Å². The second-order valence-corrected chi connectivity index (χ2v) is 10.8. The maximum absolute atomic E-state index is 15.0. The first-order chi connectivity index (χ1) is 18.3. The number of hydrogen-bond acceptors (Lipinski definition) is 5. The smallest absolute Gasteiger partial charge is 0.406 e. The van der Waals surface area contributed by atoms with Crippen LogP contribution in [0.25, 0.3) is 0 Å². The van der Waals surface area contributed by atoms with Crippen LogP contribution in [0.15, 0.2) is 18.2 Å². The third-order valence-electron chi connectivity index (χ3n) is 8.11. The van der Waals surface area contributed by atoms with Crippen LogP contribution >= 0.6 is 0 Å². The molecule has 2 fully saturated rings. The van der Waals surface area contributed by atoms with E-state index in [1.165, 1.54) is 51.3 Å². The van der Waals surface area contributed by atoms with E-state index in [0.29, 0.717) is 38.3 Å². The van der Waals surface area contributed by atoms with Gasteiger partial charge in [0.15, 0.2) is 11.6 Å². The number of rotatable bonds is 11. The number of carbonyl (C=O) groups excluding carboxylic acids is 2. The molecule has 2 aliphatic rings. The Morgan fingerprint density at radius 3 is 2.66 bits per heavy atom. The third kappa shape index (κ3) is 8.02. The lowest BCUT2D eigenvalue weighted by molar-refractivity contribution is -0.0580. The SMILES string of the molecule is CNC[C@H](CC1CCCCC1)NC(=O)N1CCC[C@@H]([C@@](O)(CCCNC(=O)OC)c2cccc(F)c2F)C1. The van der Waals surface area contributed by atoms with Gasteiger partial charge in [-0.2, -0.15) is 0 Å². The first-order valence-corrected chi connectivity index (χ1v) is 14.0. The molecular weight excluding hydrogens is 494 g/mol. The molecule has 38 heavy (non-hydrogen) atoms. The van der Waals surface area contributed by atoms with E-state index >= 15 is 0 Å². The molecule has 10 heteroatoms. The van der Waals surface area contributed by atoms with Gasteiger partial charge in [-0.1, -0.05) is 44.2 Å². The lowest BCUT2D eigenvalue weighted by Crippen LogP contribution is -2.54. The number of ether oxygens (including phenoxy) is 1. The summed E-state index contributed by atoms with van der Waals surface area (Å²) in [5.41, 5.74) is -1.83. The fraction of sp³-hybridized carbons (Fsp3) is 0.714. The number of hydrogen-bond donors (Lipinski definition) is 4. The summed E-state index contributed by atoms with van der Waals surface area (Å²) in [5, 5.41) is 20.8. The minimum atomic E-state index is -1.71. The number of urea groups is 1. The number of likely N-dealkylation sites (tertiary alicyclic amines) is 1. The maximum Gasteiger partial charge on any atom is 0.406 e. The normalized spacial score (nSPS) is 20.9. The molecule has 4 N–H and O–H groups in total. The molecular formula is C28H44F2N4O4. The first kappa shape index (κ1) is 30.1. The molecule has 1 aliphatic heterocycles. The molecule has 0 spiro atoms. The second kappa shape index (κ2) is 14.6. The summed E-state index contributed by atoms with van der Waals surface area (Å²) in [4.78, 5) is 26.4. The van der Waals surface area contributed by atoms with Crippen molar-refractivity contribution in [2.75, 3.05) is 40.3 Å². The third-order valence-corrected chi connectivity index (χ3v) is 8.11. The Balaban J connectivity index is 1.72. The van der Waals surface area contributed by atoms with Gasteiger partial charge in [0.05, 0.1) is 12.7 Å². The summed E-state index contributed by atoms with van der Waals surface area (Å²) >= 11 is 0. The van der Waals surface area contributed by atoms with Crippen LogP contribution in [-0.4, -0.2) is 68.5 Å². The molecule has 1 aliphatic carbocycles. The topological polar surface area (TPSA) is 103 Å². The number of methoxy groups -OCH3 is 1. The van der Waals surface area contributed by atoms with Crippen LogP contribution in [-0.2, 0) is 10.3 Å². The molecule has 3 amide bonds. The average molecular weight is 539 g/mol. The van der Waals surface area contributed by atoms with E-state index in [2.05, 4.69) is 20.7 Å². The molecule has 3 rings (SSSR count). The molecule has 0 aromatic heterocycles. The highest BCUT2D eigenvalue weighted by Crippen LogP contribution is 2.41. The van der Waals surface area contributed by atoms with Gasteiger partial charge >= 0.3 is 12.1 Å². The van der Waals surface area contributed by atoms with Gasteiger partial charge in [0.2, 0.25) is 0 Å². The Bertz CT molecular complexity index is 915. The fourth-order valence-corrected chi connectivity index (χ4v) is 6.10. The first-order valence-electron chi connectivity index (χ1n) is 14.0. The number of alkyl carbamates (subject to hydrolysis) is 1. The summed E-state index contributed by atoms with van der Waals surface area (Å²) in [6.45, 7) is 1.63. The summed E-state index contributed by atoms with van der Waals surface area (Å²) in [6, 6.07) is 3.61. The number of amides is 3. The van der Waals surface area contributed by atoms with Crippen LogP contribution in [0.4, 0.5) is 18.4 Å². The lowest BCUT2D eigenvalue weighted by Gasteiger charge is -2.43. The van der Waals surface area contributed by atoms with Crippen molar-refractivity contribution in [3.05, 3.63) is 35.4 Å². The Morgan fingerprint density at radius 1 is 1.18 bits per heavy atom. The number of nitrogens with one attached hydrogen (secondary N) is 3. The van der Waals surface area contributed by atoms with Gasteiger partial charge in [0, 0.05) is 43.7 Å². The van der Waals surface area contributed by atoms with Crippen LogP contribution in [0.2, 0.25) is 0 Å². The highest BCUT2D eigenvalue weighted by molar-refractivity contribution is 5.74. The molecule has 1 saturated heterocycles. The van der Waals surface area contributed by atoms with Crippen molar-refractivity contribution >= 4 is 12.1 Å². The quantitative estimate of drug-likeness (QED) is 0.315. The molecule has 1 aromatic rings. The predicted molar refractivity (Wildman–Crippen MR) is 142 cm³/mol. The average Bonchev–Trinajstić information content (AvgIpc) is 2.93. The molecule has 8 nitrogen and oxygen atoms in total. The minimum absolute atomic E-state index is 0.0000743.